The molecule has 2 aromatic carbocycles. The number of pyridine rings is 1. The van der Waals surface area contributed by atoms with E-state index >= 15 is 0 Å². The van der Waals surface area contributed by atoms with Crippen LogP contribution in [0.2, 0.25) is 0 Å². The molecule has 0 amide bonds. The summed E-state index contributed by atoms with van der Waals surface area (Å²) in [6.45, 7) is 17.3. The average molecular weight is 430 g/mol. The Bertz CT molecular complexity index is 1080. The quantitative estimate of drug-likeness (QED) is 0.394. The number of hydrogen-bond acceptors (Lipinski definition) is 4. The molecule has 0 atom stereocenters. The van der Waals surface area contributed by atoms with Gasteiger partial charge in [-0.15, -0.1) is 0 Å². The van der Waals surface area contributed by atoms with Crippen molar-refractivity contribution in [2.75, 3.05) is 17.3 Å². The van der Waals surface area contributed by atoms with Crippen LogP contribution in [-0.2, 0) is 5.41 Å². The first-order chi connectivity index (χ1) is 14.6. The van der Waals surface area contributed by atoms with Crippen molar-refractivity contribution in [3.8, 4) is 0 Å². The van der Waals surface area contributed by atoms with E-state index in [1.54, 1.807) is 11.8 Å². The Balaban J connectivity index is 1.69. The summed E-state index contributed by atoms with van der Waals surface area (Å²) in [6.07, 6.45) is 3.69. The lowest BCUT2D eigenvalue weighted by Crippen LogP contribution is -2.21. The molecule has 3 aromatic rings. The summed E-state index contributed by atoms with van der Waals surface area (Å²) < 4.78 is 0. The summed E-state index contributed by atoms with van der Waals surface area (Å²) in [5, 5.41) is 3.42. The first-order valence-corrected chi connectivity index (χ1v) is 11.1. The molecule has 31 heavy (non-hydrogen) atoms. The average Bonchev–Trinajstić information content (AvgIpc) is 2.74. The molecule has 0 fully saturated rings. The van der Waals surface area contributed by atoms with E-state index in [0.29, 0.717) is 0 Å². The van der Waals surface area contributed by atoms with Gasteiger partial charge in [0, 0.05) is 40.6 Å². The predicted octanol–water partition coefficient (Wildman–Crippen LogP) is 7.47. The first-order valence-electron chi connectivity index (χ1n) is 10.3. The smallest absolute Gasteiger partial charge is 0.103 e. The first kappa shape index (κ1) is 22.7. The molecular formula is C27H31N3S. The van der Waals surface area contributed by atoms with E-state index in [9.17, 15) is 0 Å². The largest absolute Gasteiger partial charge is 0.342 e. The zero-order chi connectivity index (χ0) is 22.6. The van der Waals surface area contributed by atoms with E-state index in [-0.39, 0.29) is 5.41 Å². The molecule has 0 aliphatic carbocycles. The molecule has 0 bridgehead atoms. The number of thioether (sulfide) groups is 1. The van der Waals surface area contributed by atoms with Crippen LogP contribution in [0.1, 0.15) is 37.5 Å². The van der Waals surface area contributed by atoms with Gasteiger partial charge < -0.3 is 10.2 Å². The fourth-order valence-corrected chi connectivity index (χ4v) is 3.96. The highest BCUT2D eigenvalue weighted by molar-refractivity contribution is 8.08. The van der Waals surface area contributed by atoms with Gasteiger partial charge in [-0.2, -0.15) is 0 Å². The molecule has 0 radical (unpaired) electrons. The second kappa shape index (κ2) is 9.44. The topological polar surface area (TPSA) is 28.2 Å². The third kappa shape index (κ3) is 5.80. The number of aryl methyl sites for hydroxylation is 1. The number of aromatic nitrogens is 1. The minimum Gasteiger partial charge on any atom is -0.342 e. The third-order valence-corrected chi connectivity index (χ3v) is 6.35. The van der Waals surface area contributed by atoms with Crippen LogP contribution in [0.3, 0.4) is 0 Å². The van der Waals surface area contributed by atoms with Gasteiger partial charge in [0.15, 0.2) is 0 Å². The molecule has 0 aliphatic rings. The molecule has 0 spiro atoms. The van der Waals surface area contributed by atoms with Crippen molar-refractivity contribution in [1.29, 1.82) is 0 Å². The normalized spacial score (nSPS) is 11.1. The molecule has 0 unspecified atom stereocenters. The van der Waals surface area contributed by atoms with Crippen LogP contribution in [0, 0.1) is 6.92 Å². The lowest BCUT2D eigenvalue weighted by Gasteiger charge is -2.25. The molecule has 1 aromatic heterocycles. The number of benzene rings is 2. The van der Waals surface area contributed by atoms with E-state index < -0.39 is 0 Å². The number of rotatable bonds is 7. The Morgan fingerprint density at radius 1 is 1.03 bits per heavy atom. The lowest BCUT2D eigenvalue weighted by molar-refractivity contribution is 0.590. The number of nitrogens with zero attached hydrogens (tertiary/aromatic N) is 2. The van der Waals surface area contributed by atoms with Gasteiger partial charge in [-0.3, -0.25) is 4.98 Å². The van der Waals surface area contributed by atoms with Crippen LogP contribution < -0.4 is 10.2 Å². The van der Waals surface area contributed by atoms with E-state index in [1.807, 2.05) is 37.6 Å². The minimum atomic E-state index is 0.140. The van der Waals surface area contributed by atoms with Crippen molar-refractivity contribution in [3.63, 3.8) is 0 Å². The Kier molecular flexibility index (Phi) is 6.91. The van der Waals surface area contributed by atoms with E-state index in [1.165, 1.54) is 11.1 Å². The standard InChI is InChI=1S/C27H31N3S/c1-19-15-16-28-18-26(19)31-20(2)22-9-8-10-24(17-22)29-21(3)30(7)25-13-11-23(12-14-25)27(4,5)6/h8-18,29H,2-3H2,1,4-7H3. The Morgan fingerprint density at radius 3 is 2.39 bits per heavy atom. The molecule has 1 N–H and O–H groups in total. The highest BCUT2D eigenvalue weighted by Crippen LogP contribution is 2.35. The van der Waals surface area contributed by atoms with Crippen LogP contribution in [0.25, 0.3) is 4.91 Å². The minimum absolute atomic E-state index is 0.140. The van der Waals surface area contributed by atoms with Gasteiger partial charge >= 0.3 is 0 Å². The SMILES string of the molecule is C=C(Sc1cnccc1C)c1cccc(NC(=C)N(C)c2ccc(C(C)(C)C)cc2)c1. The molecule has 0 saturated carbocycles. The number of anilines is 2. The van der Waals surface area contributed by atoms with Crippen LogP contribution in [-0.4, -0.2) is 12.0 Å². The maximum Gasteiger partial charge on any atom is 0.103 e. The van der Waals surface area contributed by atoms with Gasteiger partial charge in [0.1, 0.15) is 5.82 Å². The summed E-state index contributed by atoms with van der Waals surface area (Å²) in [5.74, 6) is 0.807. The fraction of sp³-hybridized carbons (Fsp3) is 0.222. The Hall–Kier alpha value is -2.98. The number of hydrogen-bond donors (Lipinski definition) is 1. The summed E-state index contributed by atoms with van der Waals surface area (Å²) in [4.78, 5) is 8.38. The van der Waals surface area contributed by atoms with Gasteiger partial charge in [-0.25, -0.2) is 0 Å². The number of nitrogens with one attached hydrogen (secondary N) is 1. The Labute approximate surface area is 190 Å². The molecule has 3 nitrogen and oxygen atoms in total. The zero-order valence-electron chi connectivity index (χ0n) is 19.1. The van der Waals surface area contributed by atoms with Crippen molar-refractivity contribution in [2.24, 2.45) is 0 Å². The summed E-state index contributed by atoms with van der Waals surface area (Å²) in [5.41, 5.74) is 5.79. The maximum absolute atomic E-state index is 4.27. The molecule has 1 heterocycles. The molecule has 4 heteroatoms. The van der Waals surface area contributed by atoms with Crippen molar-refractivity contribution < 1.29 is 0 Å². The van der Waals surface area contributed by atoms with Crippen molar-refractivity contribution in [2.45, 2.75) is 38.0 Å². The highest BCUT2D eigenvalue weighted by atomic mass is 32.2. The summed E-state index contributed by atoms with van der Waals surface area (Å²) in [6, 6.07) is 18.9. The van der Waals surface area contributed by atoms with Gasteiger partial charge in [-0.05, 0) is 59.4 Å². The summed E-state index contributed by atoms with van der Waals surface area (Å²) >= 11 is 1.64. The predicted molar refractivity (Wildman–Crippen MR) is 137 cm³/mol. The Morgan fingerprint density at radius 2 is 1.74 bits per heavy atom. The second-order valence-electron chi connectivity index (χ2n) is 8.67. The maximum atomic E-state index is 4.27. The molecule has 3 rings (SSSR count). The second-order valence-corrected chi connectivity index (χ2v) is 9.81. The van der Waals surface area contributed by atoms with E-state index in [2.05, 4.69) is 92.5 Å². The molecular weight excluding hydrogens is 398 g/mol. The van der Waals surface area contributed by atoms with E-state index in [0.717, 1.165) is 32.6 Å². The monoisotopic (exact) mass is 429 g/mol. The van der Waals surface area contributed by atoms with Gasteiger partial charge in [-0.1, -0.05) is 70.0 Å². The van der Waals surface area contributed by atoms with Crippen molar-refractivity contribution in [1.82, 2.24) is 4.98 Å². The molecule has 0 saturated heterocycles. The van der Waals surface area contributed by atoms with Crippen LogP contribution >= 0.6 is 11.8 Å². The molecule has 160 valence electrons. The van der Waals surface area contributed by atoms with Crippen molar-refractivity contribution in [3.05, 3.63) is 103 Å². The van der Waals surface area contributed by atoms with Crippen LogP contribution in [0.5, 0.6) is 0 Å². The van der Waals surface area contributed by atoms with Crippen LogP contribution in [0.4, 0.5) is 11.4 Å². The lowest BCUT2D eigenvalue weighted by atomic mass is 9.87. The van der Waals surface area contributed by atoms with Crippen molar-refractivity contribution >= 4 is 28.0 Å². The van der Waals surface area contributed by atoms with Crippen LogP contribution in [0.15, 0.2) is 90.9 Å². The fourth-order valence-electron chi connectivity index (χ4n) is 3.11. The zero-order valence-corrected chi connectivity index (χ0v) is 19.9. The van der Waals surface area contributed by atoms with E-state index in [4.69, 9.17) is 0 Å². The summed E-state index contributed by atoms with van der Waals surface area (Å²) in [7, 11) is 2.02. The highest BCUT2D eigenvalue weighted by Gasteiger charge is 2.14. The van der Waals surface area contributed by atoms with Gasteiger partial charge in [0.05, 0.1) is 0 Å². The third-order valence-electron chi connectivity index (χ3n) is 5.22. The molecule has 0 aliphatic heterocycles. The van der Waals surface area contributed by atoms with Gasteiger partial charge in [0.25, 0.3) is 0 Å². The van der Waals surface area contributed by atoms with Gasteiger partial charge in [0.2, 0.25) is 0 Å².